The van der Waals surface area contributed by atoms with Crippen LogP contribution in [0.4, 0.5) is 0 Å². The molecule has 5 atom stereocenters. The molecule has 0 aliphatic heterocycles. The van der Waals surface area contributed by atoms with Crippen LogP contribution in [0.2, 0.25) is 0 Å². The molecule has 1 N–H and O–H groups in total. The number of carbonyl (C=O) groups is 2. The number of fused-ring (bicyclic) bond motifs is 4. The van der Waals surface area contributed by atoms with E-state index in [1.807, 2.05) is 6.08 Å². The Morgan fingerprint density at radius 3 is 2.37 bits per heavy atom. The Bertz CT molecular complexity index is 784. The van der Waals surface area contributed by atoms with Gasteiger partial charge in [0.05, 0.1) is 0 Å². The van der Waals surface area contributed by atoms with E-state index in [1.54, 1.807) is 5.57 Å². The number of carboxylic acids is 1. The third-order valence-corrected chi connectivity index (χ3v) is 9.00. The van der Waals surface area contributed by atoms with Crippen molar-refractivity contribution in [3.05, 3.63) is 22.8 Å². The van der Waals surface area contributed by atoms with Crippen molar-refractivity contribution in [2.75, 3.05) is 0 Å². The molecule has 4 aliphatic rings. The van der Waals surface area contributed by atoms with Gasteiger partial charge in [0.25, 0.3) is 0 Å². The Morgan fingerprint density at radius 2 is 1.73 bits per heavy atom. The van der Waals surface area contributed by atoms with E-state index in [0.29, 0.717) is 35.7 Å². The maximum absolute atomic E-state index is 13.6. The van der Waals surface area contributed by atoms with Gasteiger partial charge in [-0.05, 0) is 114 Å². The second-order valence-electron chi connectivity index (χ2n) is 11.0. The average Bonchev–Trinajstić information content (AvgIpc) is 3.03. The number of carboxylic acid groups (broad SMARTS) is 1. The Labute approximate surface area is 181 Å². The summed E-state index contributed by atoms with van der Waals surface area (Å²) in [6.07, 6.45) is 10.3. The van der Waals surface area contributed by atoms with Crippen molar-refractivity contribution >= 4 is 11.9 Å². The van der Waals surface area contributed by atoms with Gasteiger partial charge in [-0.25, -0.2) is 4.79 Å². The highest BCUT2D eigenvalue weighted by molar-refractivity contribution is 5.87. The Hall–Kier alpha value is -1.58. The number of hydrogen-bond acceptors (Lipinski definition) is 2. The van der Waals surface area contributed by atoms with E-state index >= 15 is 0 Å². The fourth-order valence-corrected chi connectivity index (χ4v) is 7.77. The predicted molar refractivity (Wildman–Crippen MR) is 119 cm³/mol. The van der Waals surface area contributed by atoms with Crippen molar-refractivity contribution < 1.29 is 14.7 Å². The van der Waals surface area contributed by atoms with Gasteiger partial charge in [0.15, 0.2) is 0 Å². The van der Waals surface area contributed by atoms with Crippen LogP contribution < -0.4 is 0 Å². The number of nitrogens with zero attached hydrogens (tertiary/aromatic N) is 1. The molecule has 0 saturated heterocycles. The number of amides is 1. The van der Waals surface area contributed by atoms with Gasteiger partial charge in [0.1, 0.15) is 0 Å². The van der Waals surface area contributed by atoms with Gasteiger partial charge in [-0.15, -0.1) is 0 Å². The molecule has 30 heavy (non-hydrogen) atoms. The van der Waals surface area contributed by atoms with E-state index in [0.717, 1.165) is 32.1 Å². The van der Waals surface area contributed by atoms with Crippen molar-refractivity contribution in [1.29, 1.82) is 0 Å². The molecule has 0 aromatic rings. The molecule has 0 bridgehead atoms. The molecule has 166 valence electrons. The number of allylic oxidation sites excluding steroid dienone is 3. The second kappa shape index (κ2) is 7.84. The molecular formula is C26H39NO3. The maximum atomic E-state index is 13.6. The summed E-state index contributed by atoms with van der Waals surface area (Å²) in [6.45, 7) is 11.0. The third kappa shape index (κ3) is 3.35. The summed E-state index contributed by atoms with van der Waals surface area (Å²) < 4.78 is 0. The highest BCUT2D eigenvalue weighted by Crippen LogP contribution is 2.63. The molecule has 3 unspecified atom stereocenters. The minimum atomic E-state index is -0.753. The second-order valence-corrected chi connectivity index (χ2v) is 11.0. The predicted octanol–water partition coefficient (Wildman–Crippen LogP) is 5.59. The smallest absolute Gasteiger partial charge is 0.331 e. The summed E-state index contributed by atoms with van der Waals surface area (Å²) in [7, 11) is 0. The first-order valence-corrected chi connectivity index (χ1v) is 12.1. The summed E-state index contributed by atoms with van der Waals surface area (Å²) in [6, 6.07) is 0.493. The van der Waals surface area contributed by atoms with Gasteiger partial charge in [-0.1, -0.05) is 12.5 Å². The van der Waals surface area contributed by atoms with Crippen molar-refractivity contribution in [2.24, 2.45) is 29.1 Å². The summed E-state index contributed by atoms with van der Waals surface area (Å²) in [4.78, 5) is 27.2. The lowest BCUT2D eigenvalue weighted by atomic mass is 9.53. The Balaban J connectivity index is 1.58. The van der Waals surface area contributed by atoms with E-state index in [9.17, 15) is 14.7 Å². The highest BCUT2D eigenvalue weighted by Gasteiger charge is 2.57. The molecule has 0 heterocycles. The lowest BCUT2D eigenvalue weighted by Gasteiger charge is -2.52. The quantitative estimate of drug-likeness (QED) is 0.654. The molecule has 4 rings (SSSR count). The van der Waals surface area contributed by atoms with E-state index in [1.165, 1.54) is 18.4 Å². The lowest BCUT2D eigenvalue weighted by Crippen LogP contribution is -2.51. The zero-order valence-corrected chi connectivity index (χ0v) is 19.4. The van der Waals surface area contributed by atoms with Crippen LogP contribution in [0.3, 0.4) is 0 Å². The molecule has 0 spiro atoms. The minimum Gasteiger partial charge on any atom is -0.478 e. The van der Waals surface area contributed by atoms with Crippen LogP contribution in [0.5, 0.6) is 0 Å². The van der Waals surface area contributed by atoms with Crippen molar-refractivity contribution in [1.82, 2.24) is 4.90 Å². The van der Waals surface area contributed by atoms with Crippen LogP contribution in [0, 0.1) is 29.1 Å². The molecule has 2 saturated carbocycles. The number of carbonyl (C=O) groups excluding carboxylic acids is 1. The van der Waals surface area contributed by atoms with Crippen molar-refractivity contribution in [3.8, 4) is 0 Å². The first-order valence-electron chi connectivity index (χ1n) is 12.1. The van der Waals surface area contributed by atoms with E-state index in [-0.39, 0.29) is 23.4 Å². The van der Waals surface area contributed by atoms with Crippen LogP contribution in [-0.2, 0) is 9.59 Å². The van der Waals surface area contributed by atoms with Gasteiger partial charge in [-0.2, -0.15) is 0 Å². The van der Waals surface area contributed by atoms with Gasteiger partial charge < -0.3 is 10.0 Å². The van der Waals surface area contributed by atoms with Crippen LogP contribution in [-0.4, -0.2) is 34.0 Å². The fraction of sp³-hybridized carbons (Fsp3) is 0.769. The highest BCUT2D eigenvalue weighted by atomic mass is 16.4. The normalized spacial score (nSPS) is 35.6. The zero-order chi connectivity index (χ0) is 21.8. The largest absolute Gasteiger partial charge is 0.478 e. The van der Waals surface area contributed by atoms with Crippen LogP contribution in [0.25, 0.3) is 0 Å². The van der Waals surface area contributed by atoms with E-state index < -0.39 is 5.97 Å². The topological polar surface area (TPSA) is 57.6 Å². The standard InChI is InChI=1S/C26H39NO3/c1-15(2)27(16(3)4)24(28)23-11-10-22-21-9-6-17-14-18(25(29)30)7-8-19(17)20(21)12-13-26(22,23)5/h14-16,20-23H,6-13H2,1-5H3,(H,29,30)/t20?,21?,22?,23-,26+/m1/s1. The van der Waals surface area contributed by atoms with Crippen LogP contribution >= 0.6 is 0 Å². The summed E-state index contributed by atoms with van der Waals surface area (Å²) in [5.41, 5.74) is 3.58. The third-order valence-electron chi connectivity index (χ3n) is 9.00. The van der Waals surface area contributed by atoms with Crippen molar-refractivity contribution in [2.45, 2.75) is 98.1 Å². The number of hydrogen-bond donors (Lipinski definition) is 1. The summed E-state index contributed by atoms with van der Waals surface area (Å²) in [5, 5.41) is 9.40. The molecule has 0 aromatic heterocycles. The summed E-state index contributed by atoms with van der Waals surface area (Å²) in [5.74, 6) is 1.70. The summed E-state index contributed by atoms with van der Waals surface area (Å²) >= 11 is 0. The monoisotopic (exact) mass is 413 g/mol. The molecule has 4 heteroatoms. The SMILES string of the molecule is CC(C)N(C(=O)[C@H]1CCC2C3CCC4=C(CCC(C(=O)O)=C4)C3CC[C@@]21C)C(C)C. The first-order chi connectivity index (χ1) is 14.1. The lowest BCUT2D eigenvalue weighted by molar-refractivity contribution is -0.145. The van der Waals surface area contributed by atoms with E-state index in [4.69, 9.17) is 0 Å². The molecule has 0 aromatic carbocycles. The van der Waals surface area contributed by atoms with Gasteiger partial charge in [-0.3, -0.25) is 4.79 Å². The van der Waals surface area contributed by atoms with Crippen LogP contribution in [0.15, 0.2) is 22.8 Å². The Morgan fingerprint density at radius 1 is 1.03 bits per heavy atom. The van der Waals surface area contributed by atoms with Gasteiger partial charge in [0, 0.05) is 23.6 Å². The molecular weight excluding hydrogens is 374 g/mol. The van der Waals surface area contributed by atoms with E-state index in [2.05, 4.69) is 39.5 Å². The Kier molecular flexibility index (Phi) is 5.65. The molecule has 4 aliphatic carbocycles. The molecule has 0 radical (unpaired) electrons. The van der Waals surface area contributed by atoms with Crippen LogP contribution in [0.1, 0.15) is 86.0 Å². The molecule has 2 fully saturated rings. The first kappa shape index (κ1) is 21.6. The average molecular weight is 414 g/mol. The number of rotatable bonds is 4. The fourth-order valence-electron chi connectivity index (χ4n) is 7.77. The van der Waals surface area contributed by atoms with Gasteiger partial charge >= 0.3 is 5.97 Å². The van der Waals surface area contributed by atoms with Gasteiger partial charge in [0.2, 0.25) is 5.91 Å². The number of aliphatic carboxylic acids is 1. The minimum absolute atomic E-state index is 0.120. The molecule has 1 amide bonds. The van der Waals surface area contributed by atoms with Crippen molar-refractivity contribution in [3.63, 3.8) is 0 Å². The zero-order valence-electron chi connectivity index (χ0n) is 19.4. The molecule has 4 nitrogen and oxygen atoms in total. The maximum Gasteiger partial charge on any atom is 0.331 e.